The number of anilines is 1. The first-order valence-corrected chi connectivity index (χ1v) is 11.0. The second-order valence-electron chi connectivity index (χ2n) is 6.84. The average Bonchev–Trinajstić information content (AvgIpc) is 3.19. The van der Waals surface area contributed by atoms with Crippen LogP contribution in [0.3, 0.4) is 0 Å². The maximum absolute atomic E-state index is 13.5. The van der Waals surface area contributed by atoms with Gasteiger partial charge in [-0.25, -0.2) is 4.98 Å². The van der Waals surface area contributed by atoms with Gasteiger partial charge in [0.1, 0.15) is 5.75 Å². The molecule has 1 aromatic heterocycles. The predicted molar refractivity (Wildman–Crippen MR) is 121 cm³/mol. The zero-order chi connectivity index (χ0) is 20.8. The fraction of sp³-hybridized carbons (Fsp3) is 0.391. The number of rotatable bonds is 9. The van der Waals surface area contributed by atoms with Gasteiger partial charge in [0.05, 0.1) is 22.9 Å². The van der Waals surface area contributed by atoms with Gasteiger partial charge in [0.15, 0.2) is 5.13 Å². The molecule has 0 saturated carbocycles. The van der Waals surface area contributed by atoms with Gasteiger partial charge in [-0.1, -0.05) is 50.3 Å². The summed E-state index contributed by atoms with van der Waals surface area (Å²) in [6.45, 7) is 9.70. The van der Waals surface area contributed by atoms with Crippen LogP contribution in [0.5, 0.6) is 5.75 Å². The van der Waals surface area contributed by atoms with Crippen molar-refractivity contribution in [1.29, 1.82) is 0 Å². The number of hydrogen-bond acceptors (Lipinski definition) is 5. The molecule has 3 rings (SSSR count). The first kappa shape index (κ1) is 21.3. The third-order valence-electron chi connectivity index (χ3n) is 5.20. The number of nitrogens with zero attached hydrogens (tertiary/aromatic N) is 3. The molecule has 0 saturated heterocycles. The molecule has 0 radical (unpaired) electrons. The van der Waals surface area contributed by atoms with Crippen LogP contribution >= 0.6 is 11.3 Å². The minimum Gasteiger partial charge on any atom is -0.496 e. The smallest absolute Gasteiger partial charge is 0.263 e. The standard InChI is InChI=1S/C23H29N3O2S/c1-5-17-12-13-19-21(16-17)29-23(24-19)26(15-14-25(6-2)7-3)22(27)18-10-8-9-11-20(18)28-4/h8-13,16H,5-7,14-15H2,1-4H3. The van der Waals surface area contributed by atoms with Crippen molar-refractivity contribution in [2.45, 2.75) is 27.2 Å². The lowest BCUT2D eigenvalue weighted by Gasteiger charge is -2.25. The van der Waals surface area contributed by atoms with E-state index in [0.29, 0.717) is 17.9 Å². The minimum atomic E-state index is -0.0793. The number of carbonyl (C=O) groups excluding carboxylic acids is 1. The van der Waals surface area contributed by atoms with Gasteiger partial charge in [0.25, 0.3) is 5.91 Å². The Hall–Kier alpha value is -2.44. The van der Waals surface area contributed by atoms with Crippen molar-refractivity contribution in [2.75, 3.05) is 38.2 Å². The maximum atomic E-state index is 13.5. The van der Waals surface area contributed by atoms with Crippen molar-refractivity contribution in [2.24, 2.45) is 0 Å². The highest BCUT2D eigenvalue weighted by molar-refractivity contribution is 7.22. The summed E-state index contributed by atoms with van der Waals surface area (Å²) in [6.07, 6.45) is 0.981. The van der Waals surface area contributed by atoms with Crippen LogP contribution in [0.2, 0.25) is 0 Å². The van der Waals surface area contributed by atoms with Crippen LogP contribution < -0.4 is 9.64 Å². The third-order valence-corrected chi connectivity index (χ3v) is 6.24. The summed E-state index contributed by atoms with van der Waals surface area (Å²) in [4.78, 5) is 22.4. The minimum absolute atomic E-state index is 0.0793. The number of benzene rings is 2. The molecule has 0 aliphatic carbocycles. The highest BCUT2D eigenvalue weighted by Crippen LogP contribution is 2.31. The molecule has 3 aromatic rings. The second-order valence-corrected chi connectivity index (χ2v) is 7.85. The number of likely N-dealkylation sites (N-methyl/N-ethyl adjacent to an activating group) is 1. The number of thiazole rings is 1. The lowest BCUT2D eigenvalue weighted by Crippen LogP contribution is -2.39. The Morgan fingerprint density at radius 3 is 2.52 bits per heavy atom. The Morgan fingerprint density at radius 2 is 1.83 bits per heavy atom. The number of para-hydroxylation sites is 1. The third kappa shape index (κ3) is 4.77. The number of fused-ring (bicyclic) bond motifs is 1. The van der Waals surface area contributed by atoms with E-state index in [4.69, 9.17) is 9.72 Å². The normalized spacial score (nSPS) is 11.2. The molecule has 2 aromatic carbocycles. The lowest BCUT2D eigenvalue weighted by atomic mass is 10.1. The summed E-state index contributed by atoms with van der Waals surface area (Å²) < 4.78 is 6.55. The fourth-order valence-corrected chi connectivity index (χ4v) is 4.38. The number of carbonyl (C=O) groups is 1. The molecule has 0 spiro atoms. The van der Waals surface area contributed by atoms with Crippen LogP contribution in [-0.2, 0) is 6.42 Å². The summed E-state index contributed by atoms with van der Waals surface area (Å²) in [5.41, 5.74) is 2.77. The summed E-state index contributed by atoms with van der Waals surface area (Å²) in [5.74, 6) is 0.504. The van der Waals surface area contributed by atoms with E-state index in [1.165, 1.54) is 5.56 Å². The van der Waals surface area contributed by atoms with E-state index in [0.717, 1.165) is 41.4 Å². The SMILES string of the molecule is CCc1ccc2nc(N(CCN(CC)CC)C(=O)c3ccccc3OC)sc2c1. The number of methoxy groups -OCH3 is 1. The van der Waals surface area contributed by atoms with Crippen LogP contribution in [0.4, 0.5) is 5.13 Å². The molecule has 5 nitrogen and oxygen atoms in total. The molecule has 0 fully saturated rings. The molecule has 0 N–H and O–H groups in total. The molecule has 1 heterocycles. The molecule has 29 heavy (non-hydrogen) atoms. The Balaban J connectivity index is 1.99. The Labute approximate surface area is 176 Å². The Kier molecular flexibility index (Phi) is 7.23. The largest absolute Gasteiger partial charge is 0.496 e. The lowest BCUT2D eigenvalue weighted by molar-refractivity contribution is 0.0981. The number of amides is 1. The zero-order valence-electron chi connectivity index (χ0n) is 17.6. The van der Waals surface area contributed by atoms with Crippen molar-refractivity contribution >= 4 is 32.6 Å². The van der Waals surface area contributed by atoms with Crippen molar-refractivity contribution in [3.05, 3.63) is 53.6 Å². The number of aryl methyl sites for hydroxylation is 1. The number of ether oxygens (including phenoxy) is 1. The molecule has 1 amide bonds. The first-order valence-electron chi connectivity index (χ1n) is 10.2. The van der Waals surface area contributed by atoms with Crippen LogP contribution in [0.15, 0.2) is 42.5 Å². The Morgan fingerprint density at radius 1 is 1.07 bits per heavy atom. The molecule has 0 aliphatic heterocycles. The monoisotopic (exact) mass is 411 g/mol. The molecule has 0 aliphatic rings. The van der Waals surface area contributed by atoms with E-state index >= 15 is 0 Å². The van der Waals surface area contributed by atoms with Crippen molar-refractivity contribution in [3.8, 4) is 5.75 Å². The fourth-order valence-electron chi connectivity index (χ4n) is 3.32. The van der Waals surface area contributed by atoms with Crippen molar-refractivity contribution in [3.63, 3.8) is 0 Å². The summed E-state index contributed by atoms with van der Waals surface area (Å²) in [7, 11) is 1.59. The molecule has 0 bridgehead atoms. The van der Waals surface area contributed by atoms with E-state index in [9.17, 15) is 4.79 Å². The number of hydrogen-bond donors (Lipinski definition) is 0. The van der Waals surface area contributed by atoms with Gasteiger partial charge in [0.2, 0.25) is 0 Å². The topological polar surface area (TPSA) is 45.7 Å². The first-order chi connectivity index (χ1) is 14.1. The van der Waals surface area contributed by atoms with Crippen molar-refractivity contribution in [1.82, 2.24) is 9.88 Å². The molecule has 0 atom stereocenters. The highest BCUT2D eigenvalue weighted by atomic mass is 32.1. The summed E-state index contributed by atoms with van der Waals surface area (Å²) >= 11 is 1.57. The van der Waals surface area contributed by atoms with Crippen molar-refractivity contribution < 1.29 is 9.53 Å². The highest BCUT2D eigenvalue weighted by Gasteiger charge is 2.24. The Bertz CT molecular complexity index is 966. The van der Waals surface area contributed by atoms with E-state index in [1.54, 1.807) is 23.3 Å². The predicted octanol–water partition coefficient (Wildman–Crippen LogP) is 4.86. The van der Waals surface area contributed by atoms with E-state index in [2.05, 4.69) is 37.8 Å². The molecule has 0 unspecified atom stereocenters. The molecule has 154 valence electrons. The van der Waals surface area contributed by atoms with E-state index in [1.807, 2.05) is 30.3 Å². The maximum Gasteiger partial charge on any atom is 0.263 e. The number of aromatic nitrogens is 1. The van der Waals surface area contributed by atoms with Crippen LogP contribution in [0, 0.1) is 0 Å². The molecule has 6 heteroatoms. The van der Waals surface area contributed by atoms with Gasteiger partial charge in [-0.15, -0.1) is 0 Å². The average molecular weight is 412 g/mol. The second kappa shape index (κ2) is 9.85. The van der Waals surface area contributed by atoms with Crippen LogP contribution in [-0.4, -0.2) is 49.1 Å². The quantitative estimate of drug-likeness (QED) is 0.505. The summed E-state index contributed by atoms with van der Waals surface area (Å²) in [5, 5.41) is 0.733. The van der Waals surface area contributed by atoms with Crippen LogP contribution in [0.25, 0.3) is 10.2 Å². The van der Waals surface area contributed by atoms with E-state index < -0.39 is 0 Å². The van der Waals surface area contributed by atoms with Gasteiger partial charge in [-0.3, -0.25) is 9.69 Å². The molecular formula is C23H29N3O2S. The van der Waals surface area contributed by atoms with E-state index in [-0.39, 0.29) is 5.91 Å². The van der Waals surface area contributed by atoms with Gasteiger partial charge < -0.3 is 9.64 Å². The zero-order valence-corrected chi connectivity index (χ0v) is 18.5. The van der Waals surface area contributed by atoms with Gasteiger partial charge >= 0.3 is 0 Å². The van der Waals surface area contributed by atoms with Gasteiger partial charge in [0, 0.05) is 13.1 Å². The van der Waals surface area contributed by atoms with Gasteiger partial charge in [-0.05, 0) is 49.3 Å². The van der Waals surface area contributed by atoms with Gasteiger partial charge in [-0.2, -0.15) is 0 Å². The molecular weight excluding hydrogens is 382 g/mol. The summed E-state index contributed by atoms with van der Waals surface area (Å²) in [6, 6.07) is 13.7. The van der Waals surface area contributed by atoms with Crippen LogP contribution in [0.1, 0.15) is 36.7 Å².